The van der Waals surface area contributed by atoms with Crippen LogP contribution in [0.15, 0.2) is 69.4 Å². The van der Waals surface area contributed by atoms with Gasteiger partial charge in [0, 0.05) is 6.20 Å². The molecule has 0 amide bonds. The number of sulfonamides is 1. The summed E-state index contributed by atoms with van der Waals surface area (Å²) in [6.07, 6.45) is 3.01. The van der Waals surface area contributed by atoms with Crippen molar-refractivity contribution in [1.82, 2.24) is 4.98 Å². The van der Waals surface area contributed by atoms with Crippen LogP contribution in [-0.4, -0.2) is 13.4 Å². The van der Waals surface area contributed by atoms with Gasteiger partial charge in [0.15, 0.2) is 0 Å². The molecule has 2 rings (SSSR count). The van der Waals surface area contributed by atoms with Crippen LogP contribution in [0.3, 0.4) is 0 Å². The molecule has 86 valence electrons. The average molecular weight is 247 g/mol. The van der Waals surface area contributed by atoms with Crippen molar-refractivity contribution >= 4 is 15.7 Å². The zero-order valence-corrected chi connectivity index (χ0v) is 9.58. The lowest BCUT2D eigenvalue weighted by molar-refractivity contribution is 0.595. The molecule has 1 aromatic carbocycles. The molecule has 0 spiro atoms. The number of rotatable bonds is 3. The Labute approximate surface area is 98.9 Å². The molecular formula is C11H9N3O2S. The minimum atomic E-state index is -3.73. The summed E-state index contributed by atoms with van der Waals surface area (Å²) in [6, 6.07) is 11.2. The molecule has 0 radical (unpaired) electrons. The summed E-state index contributed by atoms with van der Waals surface area (Å²) in [4.78, 5) is 3.93. The van der Waals surface area contributed by atoms with E-state index in [0.717, 1.165) is 0 Å². The van der Waals surface area contributed by atoms with E-state index in [1.54, 1.807) is 36.5 Å². The zero-order chi connectivity index (χ0) is 12.1. The number of aromatic nitrogens is 1. The van der Waals surface area contributed by atoms with Gasteiger partial charge in [0.1, 0.15) is 5.69 Å². The van der Waals surface area contributed by atoms with Crippen LogP contribution >= 0.6 is 0 Å². The van der Waals surface area contributed by atoms with Gasteiger partial charge in [0.05, 0.1) is 11.1 Å². The first-order valence-electron chi connectivity index (χ1n) is 4.81. The third-order valence-corrected chi connectivity index (χ3v) is 3.12. The van der Waals surface area contributed by atoms with Gasteiger partial charge in [-0.1, -0.05) is 22.7 Å². The van der Waals surface area contributed by atoms with E-state index in [4.69, 9.17) is 0 Å². The third kappa shape index (κ3) is 2.94. The van der Waals surface area contributed by atoms with E-state index in [0.29, 0.717) is 5.69 Å². The highest BCUT2D eigenvalue weighted by Gasteiger charge is 2.11. The quantitative estimate of drug-likeness (QED) is 0.782. The molecule has 1 heterocycles. The van der Waals surface area contributed by atoms with Crippen LogP contribution in [0.1, 0.15) is 0 Å². The van der Waals surface area contributed by atoms with Gasteiger partial charge >= 0.3 is 0 Å². The number of pyridine rings is 1. The molecular weight excluding hydrogens is 238 g/mol. The predicted molar refractivity (Wildman–Crippen MR) is 62.4 cm³/mol. The summed E-state index contributed by atoms with van der Waals surface area (Å²) < 4.78 is 26.8. The molecule has 2 aromatic rings. The highest BCUT2D eigenvalue weighted by atomic mass is 32.2. The minimum absolute atomic E-state index is 0.118. The van der Waals surface area contributed by atoms with Crippen LogP contribution in [0.5, 0.6) is 0 Å². The van der Waals surface area contributed by atoms with Crippen molar-refractivity contribution < 1.29 is 8.42 Å². The van der Waals surface area contributed by atoms with Crippen molar-refractivity contribution in [1.29, 1.82) is 0 Å². The predicted octanol–water partition coefficient (Wildman–Crippen LogP) is 2.55. The highest BCUT2D eigenvalue weighted by molar-refractivity contribution is 7.90. The largest absolute Gasteiger partial charge is 0.299 e. The number of benzene rings is 1. The van der Waals surface area contributed by atoms with E-state index >= 15 is 0 Å². The van der Waals surface area contributed by atoms with E-state index in [9.17, 15) is 8.42 Å². The van der Waals surface area contributed by atoms with Crippen LogP contribution < -0.4 is 0 Å². The van der Waals surface area contributed by atoms with Gasteiger partial charge in [-0.05, 0) is 24.3 Å². The average Bonchev–Trinajstić information content (AvgIpc) is 2.39. The molecule has 0 fully saturated rings. The first-order valence-corrected chi connectivity index (χ1v) is 6.25. The van der Waals surface area contributed by atoms with Gasteiger partial charge in [0.2, 0.25) is 0 Å². The van der Waals surface area contributed by atoms with Crippen molar-refractivity contribution in [3.05, 3.63) is 54.9 Å². The molecule has 0 unspecified atom stereocenters. The lowest BCUT2D eigenvalue weighted by Gasteiger charge is -1.95. The third-order valence-electron chi connectivity index (χ3n) is 1.95. The fourth-order valence-electron chi connectivity index (χ4n) is 1.15. The Morgan fingerprint density at radius 1 is 1.00 bits per heavy atom. The van der Waals surface area contributed by atoms with E-state index in [1.165, 1.54) is 18.3 Å². The van der Waals surface area contributed by atoms with Crippen molar-refractivity contribution in [3.63, 3.8) is 0 Å². The molecule has 17 heavy (non-hydrogen) atoms. The second kappa shape index (κ2) is 4.84. The summed E-state index contributed by atoms with van der Waals surface area (Å²) in [5.74, 6) is 0. The summed E-state index contributed by atoms with van der Waals surface area (Å²) in [7, 11) is -3.73. The summed E-state index contributed by atoms with van der Waals surface area (Å²) in [5, 5.41) is 3.63. The summed E-state index contributed by atoms with van der Waals surface area (Å²) >= 11 is 0. The first kappa shape index (κ1) is 11.4. The Hall–Kier alpha value is -2.08. The Kier molecular flexibility index (Phi) is 3.24. The maximum atomic E-state index is 11.7. The molecule has 0 saturated heterocycles. The first-order chi connectivity index (χ1) is 8.18. The normalized spacial score (nSPS) is 11.8. The topological polar surface area (TPSA) is 71.8 Å². The minimum Gasteiger partial charge on any atom is -0.262 e. The smallest absolute Gasteiger partial charge is 0.262 e. The summed E-state index contributed by atoms with van der Waals surface area (Å²) in [6.45, 7) is 0. The van der Waals surface area contributed by atoms with E-state index in [1.807, 2.05) is 0 Å². The summed E-state index contributed by atoms with van der Waals surface area (Å²) in [5.41, 5.74) is 0.395. The van der Waals surface area contributed by atoms with Gasteiger partial charge in [0.25, 0.3) is 10.0 Å². The molecule has 5 nitrogen and oxygen atoms in total. The van der Waals surface area contributed by atoms with Crippen molar-refractivity contribution in [2.75, 3.05) is 0 Å². The van der Waals surface area contributed by atoms with Crippen LogP contribution in [0.2, 0.25) is 0 Å². The zero-order valence-electron chi connectivity index (χ0n) is 8.76. The Morgan fingerprint density at radius 3 is 2.41 bits per heavy atom. The number of hydrogen-bond acceptors (Lipinski definition) is 4. The van der Waals surface area contributed by atoms with Gasteiger partial charge in [-0.25, -0.2) is 0 Å². The Balaban J connectivity index is 2.28. The molecule has 0 aliphatic heterocycles. The van der Waals surface area contributed by atoms with Crippen molar-refractivity contribution in [3.8, 4) is 0 Å². The number of nitrogens with zero attached hydrogens (tertiary/aromatic N) is 3. The van der Waals surface area contributed by atoms with E-state index in [2.05, 4.69) is 14.6 Å². The van der Waals surface area contributed by atoms with Crippen LogP contribution in [0, 0.1) is 0 Å². The molecule has 0 saturated carbocycles. The van der Waals surface area contributed by atoms with Crippen LogP contribution in [0.4, 0.5) is 5.69 Å². The number of hydrogen-bond donors (Lipinski definition) is 0. The molecule has 0 atom stereocenters. The molecule has 0 aliphatic carbocycles. The molecule has 0 bridgehead atoms. The molecule has 1 aromatic heterocycles. The molecule has 0 aliphatic rings. The molecule has 6 heteroatoms. The highest BCUT2D eigenvalue weighted by Crippen LogP contribution is 2.15. The van der Waals surface area contributed by atoms with Gasteiger partial charge in [-0.2, -0.15) is 8.42 Å². The van der Waals surface area contributed by atoms with Crippen LogP contribution in [0.25, 0.3) is 0 Å². The maximum Gasteiger partial charge on any atom is 0.299 e. The van der Waals surface area contributed by atoms with Gasteiger partial charge < -0.3 is 0 Å². The van der Waals surface area contributed by atoms with E-state index < -0.39 is 10.0 Å². The van der Waals surface area contributed by atoms with Gasteiger partial charge in [-0.15, -0.1) is 5.11 Å². The van der Waals surface area contributed by atoms with Crippen molar-refractivity contribution in [2.24, 2.45) is 9.63 Å². The Morgan fingerprint density at radius 2 is 1.76 bits per heavy atom. The second-order valence-corrected chi connectivity index (χ2v) is 4.77. The monoisotopic (exact) mass is 247 g/mol. The maximum absolute atomic E-state index is 11.7. The SMILES string of the molecule is O=S(=O)(N=Nc1cccnc1)c1ccccc1. The lowest BCUT2D eigenvalue weighted by atomic mass is 10.4. The Bertz CT molecular complexity index is 610. The van der Waals surface area contributed by atoms with Gasteiger partial charge in [-0.3, -0.25) is 4.98 Å². The van der Waals surface area contributed by atoms with Crippen LogP contribution in [-0.2, 0) is 10.0 Å². The van der Waals surface area contributed by atoms with E-state index in [-0.39, 0.29) is 4.90 Å². The lowest BCUT2D eigenvalue weighted by Crippen LogP contribution is -1.94. The second-order valence-electron chi connectivity index (χ2n) is 3.18. The molecule has 0 N–H and O–H groups in total. The fraction of sp³-hybridized carbons (Fsp3) is 0. The standard InChI is InChI=1S/C11H9N3O2S/c15-17(16,11-6-2-1-3-7-11)14-13-10-5-4-8-12-9-10/h1-9H. The fourth-order valence-corrected chi connectivity index (χ4v) is 1.95. The van der Waals surface area contributed by atoms with Crippen molar-refractivity contribution in [2.45, 2.75) is 4.90 Å².